The lowest BCUT2D eigenvalue weighted by Crippen LogP contribution is -2.46. The Morgan fingerprint density at radius 2 is 2.15 bits per heavy atom. The molecule has 0 saturated carbocycles. The third-order valence-electron chi connectivity index (χ3n) is 5.10. The van der Waals surface area contributed by atoms with Crippen molar-refractivity contribution in [3.05, 3.63) is 18.0 Å². The quantitative estimate of drug-likeness (QED) is 0.738. The number of amides is 2. The zero-order valence-corrected chi connectivity index (χ0v) is 15.5. The Balaban J connectivity index is 1.41. The van der Waals surface area contributed by atoms with E-state index in [0.29, 0.717) is 25.9 Å². The van der Waals surface area contributed by atoms with Gasteiger partial charge in [0.25, 0.3) is 0 Å². The zero-order valence-electron chi connectivity index (χ0n) is 15.5. The molecule has 2 amide bonds. The number of likely N-dealkylation sites (tertiary alicyclic amines) is 1. The van der Waals surface area contributed by atoms with Gasteiger partial charge in [-0.2, -0.15) is 5.10 Å². The molecule has 1 N–H and O–H groups in total. The van der Waals surface area contributed by atoms with Gasteiger partial charge in [-0.25, -0.2) is 0 Å². The average Bonchev–Trinajstić information content (AvgIpc) is 3.07. The first-order valence-electron chi connectivity index (χ1n) is 9.45. The monoisotopic (exact) mass is 363 g/mol. The van der Waals surface area contributed by atoms with Gasteiger partial charge in [0.15, 0.2) is 0 Å². The van der Waals surface area contributed by atoms with Crippen LogP contribution in [0.3, 0.4) is 0 Å². The Labute approximate surface area is 154 Å². The molecule has 3 heterocycles. The summed E-state index contributed by atoms with van der Waals surface area (Å²) in [7, 11) is 1.85. The van der Waals surface area contributed by atoms with Gasteiger partial charge in [0, 0.05) is 64.5 Å². The van der Waals surface area contributed by atoms with Crippen LogP contribution in [0.25, 0.3) is 0 Å². The lowest BCUT2D eigenvalue weighted by atomic mass is 9.96. The molecule has 0 spiro atoms. The van der Waals surface area contributed by atoms with Gasteiger partial charge in [0.05, 0.1) is 25.3 Å². The molecule has 1 aromatic heterocycles. The van der Waals surface area contributed by atoms with Gasteiger partial charge < -0.3 is 15.0 Å². The van der Waals surface area contributed by atoms with Crippen molar-refractivity contribution in [1.82, 2.24) is 24.9 Å². The van der Waals surface area contributed by atoms with Crippen LogP contribution in [0.15, 0.2) is 12.4 Å². The summed E-state index contributed by atoms with van der Waals surface area (Å²) >= 11 is 0. The van der Waals surface area contributed by atoms with Gasteiger partial charge in [0.2, 0.25) is 11.8 Å². The van der Waals surface area contributed by atoms with E-state index in [4.69, 9.17) is 4.74 Å². The maximum Gasteiger partial charge on any atom is 0.225 e. The van der Waals surface area contributed by atoms with Gasteiger partial charge in [-0.1, -0.05) is 0 Å². The number of hydrogen-bond acceptors (Lipinski definition) is 5. The van der Waals surface area contributed by atoms with E-state index in [1.54, 1.807) is 10.9 Å². The Bertz CT molecular complexity index is 612. The van der Waals surface area contributed by atoms with E-state index in [0.717, 1.165) is 51.4 Å². The predicted octanol–water partition coefficient (Wildman–Crippen LogP) is -0.00280. The third-order valence-corrected chi connectivity index (χ3v) is 5.10. The third kappa shape index (κ3) is 5.28. The Hall–Kier alpha value is -1.93. The lowest BCUT2D eigenvalue weighted by Gasteiger charge is -2.33. The molecule has 8 nitrogen and oxygen atoms in total. The molecule has 3 rings (SSSR count). The number of nitrogens with one attached hydrogen (secondary N) is 1. The summed E-state index contributed by atoms with van der Waals surface area (Å²) < 4.78 is 7.07. The number of aryl methyl sites for hydroxylation is 1. The topological polar surface area (TPSA) is 79.7 Å². The highest BCUT2D eigenvalue weighted by atomic mass is 16.5. The normalized spacial score (nSPS) is 21.8. The summed E-state index contributed by atoms with van der Waals surface area (Å²) in [5.74, 6) is 0.0792. The number of nitrogens with zero attached hydrogens (tertiary/aromatic N) is 4. The first-order valence-corrected chi connectivity index (χ1v) is 9.45. The molecule has 2 saturated heterocycles. The van der Waals surface area contributed by atoms with E-state index in [-0.39, 0.29) is 17.7 Å². The van der Waals surface area contributed by atoms with Crippen LogP contribution in [-0.2, 0) is 27.9 Å². The highest BCUT2D eigenvalue weighted by Crippen LogP contribution is 2.18. The highest BCUT2D eigenvalue weighted by molar-refractivity contribution is 5.83. The predicted molar refractivity (Wildman–Crippen MR) is 96.2 cm³/mol. The molecule has 0 bridgehead atoms. The summed E-state index contributed by atoms with van der Waals surface area (Å²) in [5, 5.41) is 7.07. The summed E-state index contributed by atoms with van der Waals surface area (Å²) in [6.45, 7) is 6.23. The van der Waals surface area contributed by atoms with Crippen LogP contribution < -0.4 is 5.32 Å². The lowest BCUT2D eigenvalue weighted by molar-refractivity contribution is -0.138. The van der Waals surface area contributed by atoms with E-state index < -0.39 is 0 Å². The molecular weight excluding hydrogens is 334 g/mol. The molecule has 0 radical (unpaired) electrons. The molecule has 0 unspecified atom stereocenters. The fourth-order valence-electron chi connectivity index (χ4n) is 3.55. The number of carbonyl (C=O) groups is 2. The summed E-state index contributed by atoms with van der Waals surface area (Å²) in [6, 6.07) is 0. The molecule has 2 aliphatic rings. The first kappa shape index (κ1) is 18.8. The molecule has 1 atom stereocenters. The SMILES string of the molecule is Cn1cc(CNC(=O)[C@@H]2CCC(=O)N(CCCN3CCOCC3)C2)cn1. The van der Waals surface area contributed by atoms with Crippen molar-refractivity contribution in [2.24, 2.45) is 13.0 Å². The number of morpholine rings is 1. The number of aromatic nitrogens is 2. The van der Waals surface area contributed by atoms with Crippen molar-refractivity contribution in [3.8, 4) is 0 Å². The van der Waals surface area contributed by atoms with Gasteiger partial charge in [0.1, 0.15) is 0 Å². The molecule has 0 aromatic carbocycles. The highest BCUT2D eigenvalue weighted by Gasteiger charge is 2.29. The van der Waals surface area contributed by atoms with Crippen LogP contribution >= 0.6 is 0 Å². The van der Waals surface area contributed by atoms with Crippen LogP contribution in [0.5, 0.6) is 0 Å². The van der Waals surface area contributed by atoms with Crippen molar-refractivity contribution < 1.29 is 14.3 Å². The maximum absolute atomic E-state index is 12.5. The maximum atomic E-state index is 12.5. The second-order valence-electron chi connectivity index (χ2n) is 7.12. The largest absolute Gasteiger partial charge is 0.379 e. The van der Waals surface area contributed by atoms with Crippen LogP contribution in [-0.4, -0.2) is 77.3 Å². The number of carbonyl (C=O) groups excluding carboxylic acids is 2. The average molecular weight is 363 g/mol. The second kappa shape index (κ2) is 9.14. The van der Waals surface area contributed by atoms with E-state index >= 15 is 0 Å². The molecule has 2 fully saturated rings. The molecule has 144 valence electrons. The molecule has 0 aliphatic carbocycles. The minimum atomic E-state index is -0.118. The minimum Gasteiger partial charge on any atom is -0.379 e. The van der Waals surface area contributed by atoms with Gasteiger partial charge in [-0.3, -0.25) is 19.2 Å². The van der Waals surface area contributed by atoms with E-state index in [2.05, 4.69) is 15.3 Å². The molecular formula is C18H29N5O3. The number of rotatable bonds is 7. The standard InChI is InChI=1S/C18H29N5O3/c1-21-13-15(12-20-21)11-19-18(25)16-3-4-17(24)23(14-16)6-2-5-22-7-9-26-10-8-22/h12-13,16H,2-11,14H2,1H3,(H,19,25)/t16-/m1/s1. The van der Waals surface area contributed by atoms with Gasteiger partial charge in [-0.15, -0.1) is 0 Å². The number of hydrogen-bond donors (Lipinski definition) is 1. The summed E-state index contributed by atoms with van der Waals surface area (Å²) in [6.07, 6.45) is 5.68. The first-order chi connectivity index (χ1) is 12.6. The molecule has 2 aliphatic heterocycles. The zero-order chi connectivity index (χ0) is 18.4. The van der Waals surface area contributed by atoms with Crippen molar-refractivity contribution in [2.45, 2.75) is 25.8 Å². The van der Waals surface area contributed by atoms with Crippen LogP contribution in [0, 0.1) is 5.92 Å². The number of ether oxygens (including phenoxy) is 1. The van der Waals surface area contributed by atoms with Crippen LogP contribution in [0.2, 0.25) is 0 Å². The second-order valence-corrected chi connectivity index (χ2v) is 7.12. The molecule has 26 heavy (non-hydrogen) atoms. The minimum absolute atomic E-state index is 0.0273. The fourth-order valence-corrected chi connectivity index (χ4v) is 3.55. The van der Waals surface area contributed by atoms with E-state index in [9.17, 15) is 9.59 Å². The van der Waals surface area contributed by atoms with Gasteiger partial charge in [-0.05, 0) is 12.8 Å². The smallest absolute Gasteiger partial charge is 0.225 e. The Morgan fingerprint density at radius 3 is 2.88 bits per heavy atom. The Kier molecular flexibility index (Phi) is 6.62. The molecule has 8 heteroatoms. The Morgan fingerprint density at radius 1 is 1.35 bits per heavy atom. The fraction of sp³-hybridized carbons (Fsp3) is 0.722. The molecule has 1 aromatic rings. The van der Waals surface area contributed by atoms with E-state index in [1.165, 1.54) is 0 Å². The van der Waals surface area contributed by atoms with Crippen molar-refractivity contribution in [1.29, 1.82) is 0 Å². The van der Waals surface area contributed by atoms with Crippen LogP contribution in [0.4, 0.5) is 0 Å². The van der Waals surface area contributed by atoms with Gasteiger partial charge >= 0.3 is 0 Å². The van der Waals surface area contributed by atoms with Crippen molar-refractivity contribution >= 4 is 11.8 Å². The van der Waals surface area contributed by atoms with E-state index in [1.807, 2.05) is 18.1 Å². The van der Waals surface area contributed by atoms with Crippen LogP contribution in [0.1, 0.15) is 24.8 Å². The summed E-state index contributed by atoms with van der Waals surface area (Å²) in [5.41, 5.74) is 0.982. The number of piperidine rings is 1. The van der Waals surface area contributed by atoms with Crippen molar-refractivity contribution in [2.75, 3.05) is 45.9 Å². The summed E-state index contributed by atoms with van der Waals surface area (Å²) in [4.78, 5) is 28.9. The van der Waals surface area contributed by atoms with Crippen molar-refractivity contribution in [3.63, 3.8) is 0 Å².